The Bertz CT molecular complexity index is 754. The first-order valence-corrected chi connectivity index (χ1v) is 8.26. The van der Waals surface area contributed by atoms with Crippen LogP contribution in [0.25, 0.3) is 5.65 Å². The second kappa shape index (κ2) is 7.86. The second-order valence-electron chi connectivity index (χ2n) is 5.05. The summed E-state index contributed by atoms with van der Waals surface area (Å²) in [5.41, 5.74) is 1.71. The van der Waals surface area contributed by atoms with E-state index in [4.69, 9.17) is 6.58 Å². The first kappa shape index (κ1) is 17.9. The minimum atomic E-state index is 0. The summed E-state index contributed by atoms with van der Waals surface area (Å²) in [5.74, 6) is 1.70. The number of nitrogens with one attached hydrogen (secondary N) is 2. The number of rotatable bonds is 7. The van der Waals surface area contributed by atoms with Gasteiger partial charge in [-0.15, -0.1) is 0 Å². The summed E-state index contributed by atoms with van der Waals surface area (Å²) in [5, 5.41) is 11.1. The van der Waals surface area contributed by atoms with Crippen LogP contribution in [0.2, 0.25) is 0 Å². The van der Waals surface area contributed by atoms with Crippen molar-refractivity contribution in [3.8, 4) is 0 Å². The maximum atomic E-state index is 5.42. The zero-order valence-electron chi connectivity index (χ0n) is 12.2. The van der Waals surface area contributed by atoms with E-state index >= 15 is 0 Å². The molecular weight excluding hydrogens is 405 g/mol. The molecule has 2 aromatic rings. The number of aromatic nitrogens is 3. The molecule has 2 heterocycles. The second-order valence-corrected chi connectivity index (χ2v) is 6.19. The molecule has 2 aromatic heterocycles. The zero-order valence-corrected chi connectivity index (χ0v) is 14.8. The number of fused-ring (bicyclic) bond motifs is 1. The van der Waals surface area contributed by atoms with Crippen LogP contribution < -0.4 is 10.6 Å². The summed E-state index contributed by atoms with van der Waals surface area (Å²) in [6.07, 6.45) is 7.40. The average Bonchev–Trinajstić information content (AvgIpc) is 3.25. The normalized spacial score (nSPS) is 14.3. The molecule has 0 unspecified atom stereocenters. The van der Waals surface area contributed by atoms with Crippen molar-refractivity contribution in [2.75, 3.05) is 17.2 Å². The van der Waals surface area contributed by atoms with Gasteiger partial charge in [0.2, 0.25) is 0 Å². The molecule has 0 aromatic carbocycles. The van der Waals surface area contributed by atoms with Crippen LogP contribution in [0.4, 0.5) is 11.6 Å². The van der Waals surface area contributed by atoms with E-state index in [1.807, 2.05) is 6.07 Å². The quantitative estimate of drug-likeness (QED) is 0.406. The molecular formula is C15H17BrN5NiO-. The van der Waals surface area contributed by atoms with E-state index in [0.717, 1.165) is 27.3 Å². The third-order valence-electron chi connectivity index (χ3n) is 3.26. The van der Waals surface area contributed by atoms with Crippen LogP contribution in [0.1, 0.15) is 12.8 Å². The van der Waals surface area contributed by atoms with Crippen LogP contribution in [0, 0.1) is 6.58 Å². The topological polar surface area (TPSA) is 85.8 Å². The van der Waals surface area contributed by atoms with Crippen molar-refractivity contribution in [2.24, 2.45) is 0 Å². The molecule has 4 N–H and O–H groups in total. The Morgan fingerprint density at radius 1 is 1.52 bits per heavy atom. The number of allylic oxidation sites excluding steroid dienone is 2. The number of halogens is 1. The Morgan fingerprint density at radius 2 is 2.30 bits per heavy atom. The molecule has 0 aliphatic heterocycles. The van der Waals surface area contributed by atoms with Gasteiger partial charge in [0.1, 0.15) is 0 Å². The molecule has 0 radical (unpaired) electrons. The third-order valence-corrected chi connectivity index (χ3v) is 4.18. The van der Waals surface area contributed by atoms with Crippen molar-refractivity contribution >= 4 is 38.2 Å². The van der Waals surface area contributed by atoms with Crippen molar-refractivity contribution in [1.82, 2.24) is 14.6 Å². The van der Waals surface area contributed by atoms with Crippen molar-refractivity contribution < 1.29 is 20.5 Å². The first-order valence-electron chi connectivity index (χ1n) is 6.90. The van der Waals surface area contributed by atoms with E-state index in [0.29, 0.717) is 12.6 Å². The Hall–Kier alpha value is -1.50. The summed E-state index contributed by atoms with van der Waals surface area (Å²) < 4.78 is 2.62. The van der Waals surface area contributed by atoms with Gasteiger partial charge in [-0.25, -0.2) is 0 Å². The summed E-state index contributed by atoms with van der Waals surface area (Å²) in [6.45, 7) is 6.00. The van der Waals surface area contributed by atoms with Gasteiger partial charge >= 0.3 is 145 Å². The Kier molecular flexibility index (Phi) is 6.10. The van der Waals surface area contributed by atoms with Crippen molar-refractivity contribution in [1.29, 1.82) is 0 Å². The van der Waals surface area contributed by atoms with Crippen molar-refractivity contribution in [2.45, 2.75) is 18.9 Å². The van der Waals surface area contributed by atoms with Crippen LogP contribution in [0.15, 0.2) is 34.5 Å². The molecule has 0 amide bonds. The molecule has 6 nitrogen and oxygen atoms in total. The molecule has 8 heteroatoms. The summed E-state index contributed by atoms with van der Waals surface area (Å²) in [7, 11) is 0. The standard InChI is InChI=1S/C15H15BrN5.Ni.H2O/c1-3-4-10(2)8-17-14-7-13(19-11-5-6-11)20-15-12(16)9-18-21(14)15;;/h1-4,7,9,11,17H,5-6,8H2,(H,19,20);;1H2/q-1;;/b10-4+;;. The monoisotopic (exact) mass is 420 g/mol. The SMILES string of the molecule is O.[CH-]=C/C=C(\[CH]=[Ni])CNc1cc(NC2CC2)nc2c(Br)cnn12. The summed E-state index contributed by atoms with van der Waals surface area (Å²) in [6, 6.07) is 2.50. The number of nitrogens with zero attached hydrogens (tertiary/aromatic N) is 3. The van der Waals surface area contributed by atoms with Gasteiger partial charge in [-0.3, -0.25) is 0 Å². The molecule has 126 valence electrons. The van der Waals surface area contributed by atoms with E-state index in [1.165, 1.54) is 18.9 Å². The molecule has 1 fully saturated rings. The molecule has 1 aliphatic carbocycles. The zero-order chi connectivity index (χ0) is 15.5. The van der Waals surface area contributed by atoms with E-state index in [2.05, 4.69) is 51.7 Å². The van der Waals surface area contributed by atoms with Gasteiger partial charge in [0.15, 0.2) is 0 Å². The number of hydrogen-bond donors (Lipinski definition) is 2. The van der Waals surface area contributed by atoms with Crippen LogP contribution >= 0.6 is 15.9 Å². The van der Waals surface area contributed by atoms with Crippen LogP contribution in [-0.4, -0.2) is 37.7 Å². The molecule has 0 atom stereocenters. The van der Waals surface area contributed by atoms with E-state index in [9.17, 15) is 0 Å². The van der Waals surface area contributed by atoms with Crippen LogP contribution in [0.3, 0.4) is 0 Å². The third kappa shape index (κ3) is 4.28. The fourth-order valence-electron chi connectivity index (χ4n) is 2.01. The molecule has 1 saturated carbocycles. The molecule has 0 spiro atoms. The van der Waals surface area contributed by atoms with Gasteiger partial charge in [0.25, 0.3) is 0 Å². The average molecular weight is 422 g/mol. The minimum absolute atomic E-state index is 0. The van der Waals surface area contributed by atoms with Crippen LogP contribution in [0.5, 0.6) is 0 Å². The molecule has 23 heavy (non-hydrogen) atoms. The number of hydrogen-bond acceptors (Lipinski definition) is 4. The predicted molar refractivity (Wildman–Crippen MR) is 92.5 cm³/mol. The summed E-state index contributed by atoms with van der Waals surface area (Å²) >= 11 is 8.16. The first-order chi connectivity index (χ1) is 10.7. The Morgan fingerprint density at radius 3 is 2.96 bits per heavy atom. The van der Waals surface area contributed by atoms with Crippen molar-refractivity contribution in [3.63, 3.8) is 0 Å². The Balaban J connectivity index is 0.00000192. The van der Waals surface area contributed by atoms with Crippen molar-refractivity contribution in [3.05, 3.63) is 41.0 Å². The Labute approximate surface area is 150 Å². The maximum absolute atomic E-state index is 5.42. The van der Waals surface area contributed by atoms with E-state index in [1.54, 1.807) is 21.8 Å². The van der Waals surface area contributed by atoms with Crippen LogP contribution in [-0.2, 0) is 15.0 Å². The summed E-state index contributed by atoms with van der Waals surface area (Å²) in [4.78, 5) is 6.24. The number of anilines is 2. The molecule has 3 rings (SSSR count). The van der Waals surface area contributed by atoms with Gasteiger partial charge in [-0.05, 0) is 0 Å². The predicted octanol–water partition coefficient (Wildman–Crippen LogP) is 1.92. The van der Waals surface area contributed by atoms with Gasteiger partial charge in [-0.2, -0.15) is 0 Å². The molecule has 1 aliphatic rings. The molecule has 0 bridgehead atoms. The van der Waals surface area contributed by atoms with Gasteiger partial charge in [-0.1, -0.05) is 0 Å². The van der Waals surface area contributed by atoms with E-state index in [-0.39, 0.29) is 5.48 Å². The fourth-order valence-corrected chi connectivity index (χ4v) is 2.55. The fraction of sp³-hybridized carbons (Fsp3) is 0.267. The van der Waals surface area contributed by atoms with Gasteiger partial charge in [0.05, 0.1) is 0 Å². The van der Waals surface area contributed by atoms with E-state index < -0.39 is 0 Å². The van der Waals surface area contributed by atoms with Gasteiger partial charge < -0.3 is 5.48 Å². The molecule has 0 saturated heterocycles. The van der Waals surface area contributed by atoms with Gasteiger partial charge in [0, 0.05) is 0 Å².